The first-order chi connectivity index (χ1) is 23.7. The van der Waals surface area contributed by atoms with Crippen molar-refractivity contribution >= 4 is 23.9 Å². The zero-order chi connectivity index (χ0) is 37.0. The minimum Gasteiger partial charge on any atom is -0.447 e. The van der Waals surface area contributed by atoms with Gasteiger partial charge in [0.05, 0.1) is 12.1 Å². The molecule has 1 saturated heterocycles. The highest BCUT2D eigenvalue weighted by Gasteiger charge is 2.45. The van der Waals surface area contributed by atoms with Gasteiger partial charge in [-0.3, -0.25) is 14.9 Å². The number of hydrogen-bond donors (Lipinski definition) is 7. The van der Waals surface area contributed by atoms with Crippen molar-refractivity contribution in [1.29, 1.82) is 0 Å². The Morgan fingerprint density at radius 3 is 2.30 bits per heavy atom. The molecule has 5 amide bonds. The normalized spacial score (nSPS) is 20.5. The summed E-state index contributed by atoms with van der Waals surface area (Å²) in [6.45, 7) is 16.1. The molecule has 1 aliphatic carbocycles. The Bertz CT molecular complexity index is 1280. The second kappa shape index (κ2) is 19.1. The second-order valence-corrected chi connectivity index (χ2v) is 14.8. The molecule has 7 atom stereocenters. The molecule has 2 aliphatic rings. The topological polar surface area (TPSA) is 181 Å². The number of amides is 5. The molecular weight excluding hydrogens is 640 g/mol. The number of fused-ring (bicyclic) bond motifs is 1. The van der Waals surface area contributed by atoms with Crippen LogP contribution in [-0.2, 0) is 27.2 Å². The van der Waals surface area contributed by atoms with Crippen molar-refractivity contribution in [3.63, 3.8) is 0 Å². The Morgan fingerprint density at radius 2 is 1.72 bits per heavy atom. The number of nitrogens with zero attached hydrogens (tertiary/aromatic N) is 1. The van der Waals surface area contributed by atoms with Gasteiger partial charge < -0.3 is 41.1 Å². The predicted molar refractivity (Wildman–Crippen MR) is 192 cm³/mol. The van der Waals surface area contributed by atoms with Gasteiger partial charge in [0.25, 0.3) is 5.91 Å². The van der Waals surface area contributed by atoms with E-state index in [-0.39, 0.29) is 30.9 Å². The van der Waals surface area contributed by atoms with Gasteiger partial charge in [-0.15, -0.1) is 6.58 Å². The highest BCUT2D eigenvalue weighted by Crippen LogP contribution is 2.32. The van der Waals surface area contributed by atoms with E-state index in [1.807, 2.05) is 58.9 Å². The van der Waals surface area contributed by atoms with E-state index >= 15 is 0 Å². The van der Waals surface area contributed by atoms with Crippen LogP contribution >= 0.6 is 0 Å². The minimum absolute atomic E-state index is 0.0576. The molecule has 13 heteroatoms. The number of nitrogens with one attached hydrogen (secondary N) is 5. The Labute approximate surface area is 297 Å². The number of hydrogen-bond acceptors (Lipinski definition) is 8. The quantitative estimate of drug-likeness (QED) is 0.0957. The molecule has 0 spiro atoms. The van der Waals surface area contributed by atoms with Crippen LogP contribution in [0.15, 0.2) is 36.9 Å². The summed E-state index contributed by atoms with van der Waals surface area (Å²) in [5.41, 5.74) is 1.77. The number of rotatable bonds is 17. The predicted octanol–water partition coefficient (Wildman–Crippen LogP) is 2.60. The van der Waals surface area contributed by atoms with E-state index in [0.717, 1.165) is 17.5 Å². The Hall–Kier alpha value is -3.68. The lowest BCUT2D eigenvalue weighted by Crippen LogP contribution is -2.61. The third kappa shape index (κ3) is 11.4. The van der Waals surface area contributed by atoms with Crippen LogP contribution < -0.4 is 26.6 Å². The van der Waals surface area contributed by atoms with Crippen molar-refractivity contribution in [2.75, 3.05) is 26.2 Å². The van der Waals surface area contributed by atoms with Crippen LogP contribution in [-0.4, -0.2) is 102 Å². The Balaban J connectivity index is 1.84. The molecule has 4 unspecified atom stereocenters. The van der Waals surface area contributed by atoms with Crippen molar-refractivity contribution in [2.24, 2.45) is 17.3 Å². The third-order valence-electron chi connectivity index (χ3n) is 9.68. The van der Waals surface area contributed by atoms with Crippen molar-refractivity contribution in [3.8, 4) is 0 Å². The van der Waals surface area contributed by atoms with Crippen molar-refractivity contribution in [2.45, 2.75) is 117 Å². The number of unbranched alkanes of at least 4 members (excludes halogenated alkanes) is 1. The first-order valence-corrected chi connectivity index (χ1v) is 18.1. The maximum atomic E-state index is 14.6. The van der Waals surface area contributed by atoms with Gasteiger partial charge in [-0.25, -0.2) is 9.59 Å². The van der Waals surface area contributed by atoms with Gasteiger partial charge in [-0.2, -0.15) is 0 Å². The lowest BCUT2D eigenvalue weighted by molar-refractivity contribution is -0.139. The van der Waals surface area contributed by atoms with Gasteiger partial charge in [0.15, 0.2) is 0 Å². The van der Waals surface area contributed by atoms with Crippen molar-refractivity contribution < 1.29 is 34.1 Å². The fraction of sp³-hybridized carbons (Fsp3) is 0.676. The van der Waals surface area contributed by atoms with Gasteiger partial charge in [0.1, 0.15) is 25.0 Å². The molecule has 280 valence electrons. The second-order valence-electron chi connectivity index (χ2n) is 14.8. The molecule has 1 aromatic rings. The molecule has 0 bridgehead atoms. The average molecular weight is 701 g/mol. The van der Waals surface area contributed by atoms with Gasteiger partial charge in [0.2, 0.25) is 5.91 Å². The first kappa shape index (κ1) is 40.7. The van der Waals surface area contributed by atoms with Gasteiger partial charge in [0, 0.05) is 25.7 Å². The number of urea groups is 1. The molecule has 1 heterocycles. The molecule has 0 aromatic heterocycles. The van der Waals surface area contributed by atoms with Crippen LogP contribution in [0.5, 0.6) is 0 Å². The maximum absolute atomic E-state index is 14.6. The standard InChI is InChI=1S/C37H60N6O7/c1-8-11-16-27(31(44)33(46)39-17-9-2)40-32(45)28-18-23(4)21-43(28)34(47)30(26-19-24-14-12-13-15-25(24)20-26)42-35(48)41-29(37(5,6)7)22-50-36(49)38-10-3/h9,12-15,23,26-32,40,44-45H,2,8,10-11,16-22H2,1,3-7H3,(H,38,49)(H,39,46)(H2,41,42,48)/t23?,27?,28-,29+,30-,31?,32?/m0/s1. The zero-order valence-electron chi connectivity index (χ0n) is 30.7. The molecule has 3 rings (SSSR count). The molecule has 50 heavy (non-hydrogen) atoms. The first-order valence-electron chi connectivity index (χ1n) is 18.1. The molecule has 0 radical (unpaired) electrons. The average Bonchev–Trinajstić information content (AvgIpc) is 3.68. The van der Waals surface area contributed by atoms with E-state index in [9.17, 15) is 29.4 Å². The number of ether oxygens (including phenoxy) is 1. The zero-order valence-corrected chi connectivity index (χ0v) is 30.7. The molecule has 0 saturated carbocycles. The molecule has 1 aromatic carbocycles. The van der Waals surface area contributed by atoms with E-state index in [1.165, 1.54) is 6.08 Å². The van der Waals surface area contributed by atoms with E-state index in [1.54, 1.807) is 11.8 Å². The van der Waals surface area contributed by atoms with Crippen molar-refractivity contribution in [3.05, 3.63) is 48.0 Å². The van der Waals surface area contributed by atoms with E-state index in [2.05, 4.69) is 33.2 Å². The van der Waals surface area contributed by atoms with Gasteiger partial charge in [-0.1, -0.05) is 77.8 Å². The van der Waals surface area contributed by atoms with Crippen LogP contribution in [0.25, 0.3) is 0 Å². The third-order valence-corrected chi connectivity index (χ3v) is 9.68. The van der Waals surface area contributed by atoms with Crippen LogP contribution in [0.2, 0.25) is 0 Å². The van der Waals surface area contributed by atoms with E-state index in [0.29, 0.717) is 45.2 Å². The lowest BCUT2D eigenvalue weighted by Gasteiger charge is -2.36. The van der Waals surface area contributed by atoms with Gasteiger partial charge >= 0.3 is 12.1 Å². The summed E-state index contributed by atoms with van der Waals surface area (Å²) in [5, 5.41) is 36.7. The number of carbonyl (C=O) groups excluding carboxylic acids is 4. The summed E-state index contributed by atoms with van der Waals surface area (Å²) in [5.74, 6) is -1.06. The summed E-state index contributed by atoms with van der Waals surface area (Å²) in [6.07, 6.45) is 1.95. The number of likely N-dealkylation sites (tertiary alicyclic amines) is 1. The fourth-order valence-electron chi connectivity index (χ4n) is 6.78. The van der Waals surface area contributed by atoms with Gasteiger partial charge in [-0.05, 0) is 61.0 Å². The fourth-order valence-corrected chi connectivity index (χ4v) is 6.78. The molecule has 7 N–H and O–H groups in total. The van der Waals surface area contributed by atoms with E-state index < -0.39 is 59.9 Å². The number of alkyl carbamates (subject to hydrolysis) is 1. The molecular formula is C37H60N6O7. The summed E-state index contributed by atoms with van der Waals surface area (Å²) in [7, 11) is 0. The monoisotopic (exact) mass is 700 g/mol. The smallest absolute Gasteiger partial charge is 0.407 e. The summed E-state index contributed by atoms with van der Waals surface area (Å²) in [4.78, 5) is 54.6. The van der Waals surface area contributed by atoms with Crippen LogP contribution in [0.4, 0.5) is 9.59 Å². The van der Waals surface area contributed by atoms with Crippen LogP contribution in [0.1, 0.15) is 78.4 Å². The number of carbonyl (C=O) groups is 4. The molecule has 1 fully saturated rings. The SMILES string of the molecule is C=CCNC(=O)C(O)C(CCCC)NC(O)[C@@H]1CC(C)CN1C(=O)[C@@H](NC(=O)N[C@H](COC(=O)NCC)C(C)(C)C)C1Cc2ccccc2C1. The maximum Gasteiger partial charge on any atom is 0.407 e. The Morgan fingerprint density at radius 1 is 1.06 bits per heavy atom. The highest BCUT2D eigenvalue weighted by atomic mass is 16.5. The lowest BCUT2D eigenvalue weighted by atomic mass is 9.87. The summed E-state index contributed by atoms with van der Waals surface area (Å²) >= 11 is 0. The number of benzene rings is 1. The largest absolute Gasteiger partial charge is 0.447 e. The number of aliphatic hydroxyl groups excluding tert-OH is 2. The van der Waals surface area contributed by atoms with Crippen molar-refractivity contribution in [1.82, 2.24) is 31.5 Å². The highest BCUT2D eigenvalue weighted by molar-refractivity contribution is 5.88. The molecule has 1 aliphatic heterocycles. The minimum atomic E-state index is -1.41. The number of aliphatic hydroxyl groups is 2. The summed E-state index contributed by atoms with van der Waals surface area (Å²) in [6, 6.07) is 4.55. The molecule has 13 nitrogen and oxygen atoms in total. The van der Waals surface area contributed by atoms with E-state index in [4.69, 9.17) is 4.74 Å². The van der Waals surface area contributed by atoms with Crippen LogP contribution in [0, 0.1) is 17.3 Å². The summed E-state index contributed by atoms with van der Waals surface area (Å²) < 4.78 is 5.36. The van der Waals surface area contributed by atoms with Crippen LogP contribution in [0.3, 0.4) is 0 Å². The Kier molecular flexibility index (Phi) is 15.5.